The van der Waals surface area contributed by atoms with Crippen molar-refractivity contribution in [1.82, 2.24) is 10.0 Å². The summed E-state index contributed by atoms with van der Waals surface area (Å²) in [6.07, 6.45) is 0. The molecule has 0 fully saturated rings. The number of nitrogens with zero attached hydrogens (tertiary/aromatic N) is 1. The maximum Gasteiger partial charge on any atom is 0.273 e. The van der Waals surface area contributed by atoms with Crippen LogP contribution in [-0.4, -0.2) is 39.6 Å². The van der Waals surface area contributed by atoms with Crippen LogP contribution in [0.25, 0.3) is 0 Å². The van der Waals surface area contributed by atoms with Crippen LogP contribution < -0.4 is 14.8 Å². The molecule has 126 valence electrons. The molecule has 22 heavy (non-hydrogen) atoms. The Labute approximate surface area is 135 Å². The van der Waals surface area contributed by atoms with Crippen LogP contribution in [0.2, 0.25) is 0 Å². The molecule has 0 aromatic heterocycles. The lowest BCUT2D eigenvalue weighted by molar-refractivity contribution is -0.385. The number of hydrogen-bond donors (Lipinski definition) is 2. The number of sulfonamides is 1. The van der Waals surface area contributed by atoms with E-state index in [1.807, 2.05) is 13.8 Å². The zero-order valence-corrected chi connectivity index (χ0v) is 14.2. The van der Waals surface area contributed by atoms with Crippen LogP contribution in [0.4, 0.5) is 5.69 Å². The first-order chi connectivity index (χ1) is 9.81. The maximum atomic E-state index is 12.2. The molecule has 0 amide bonds. The molecule has 1 aromatic carbocycles. The van der Waals surface area contributed by atoms with Crippen LogP contribution in [0, 0.1) is 10.1 Å². The fourth-order valence-corrected chi connectivity index (χ4v) is 3.00. The lowest BCUT2D eigenvalue weighted by atomic mass is 10.3. The highest BCUT2D eigenvalue weighted by atomic mass is 35.5. The minimum atomic E-state index is -3.80. The monoisotopic (exact) mass is 353 g/mol. The quantitative estimate of drug-likeness (QED) is 0.538. The number of benzene rings is 1. The van der Waals surface area contributed by atoms with E-state index in [-0.39, 0.29) is 41.3 Å². The summed E-state index contributed by atoms with van der Waals surface area (Å²) in [5.41, 5.74) is -0.230. The summed E-state index contributed by atoms with van der Waals surface area (Å²) in [5.74, 6) is -0.0622. The lowest BCUT2D eigenvalue weighted by Gasteiger charge is -2.14. The van der Waals surface area contributed by atoms with Crippen molar-refractivity contribution in [3.8, 4) is 5.75 Å². The highest BCUT2D eigenvalue weighted by Gasteiger charge is 2.22. The first kappa shape index (κ1) is 20.6. The SMILES string of the molecule is CCN[C@H](C)CNS(=O)(=O)c1ccc([N+](=O)[O-])cc1OC.Cl. The molecule has 1 atom stereocenters. The van der Waals surface area contributed by atoms with Gasteiger partial charge in [-0.15, -0.1) is 12.4 Å². The Balaban J connectivity index is 0.00000441. The van der Waals surface area contributed by atoms with E-state index in [1.165, 1.54) is 7.11 Å². The number of non-ortho nitro benzene ring substituents is 1. The molecule has 2 N–H and O–H groups in total. The number of halogens is 1. The topological polar surface area (TPSA) is 111 Å². The molecule has 0 saturated carbocycles. The van der Waals surface area contributed by atoms with E-state index in [2.05, 4.69) is 10.0 Å². The molecule has 10 heteroatoms. The van der Waals surface area contributed by atoms with Crippen molar-refractivity contribution in [3.63, 3.8) is 0 Å². The maximum absolute atomic E-state index is 12.2. The summed E-state index contributed by atoms with van der Waals surface area (Å²) in [4.78, 5) is 9.96. The van der Waals surface area contributed by atoms with E-state index < -0.39 is 14.9 Å². The van der Waals surface area contributed by atoms with Crippen molar-refractivity contribution >= 4 is 28.1 Å². The minimum absolute atomic E-state index is 0. The Bertz CT molecular complexity index is 609. The summed E-state index contributed by atoms with van der Waals surface area (Å²) in [6.45, 7) is 4.70. The van der Waals surface area contributed by atoms with Crippen molar-refractivity contribution in [2.45, 2.75) is 24.8 Å². The number of ether oxygens (including phenoxy) is 1. The van der Waals surface area contributed by atoms with E-state index >= 15 is 0 Å². The third kappa shape index (κ3) is 5.41. The second-order valence-electron chi connectivity index (χ2n) is 4.40. The Kier molecular flexibility index (Phi) is 8.31. The van der Waals surface area contributed by atoms with E-state index in [9.17, 15) is 18.5 Å². The number of likely N-dealkylation sites (N-methyl/N-ethyl adjacent to an activating group) is 1. The fraction of sp³-hybridized carbons (Fsp3) is 0.500. The number of nitro benzene ring substituents is 1. The van der Waals surface area contributed by atoms with Crippen molar-refractivity contribution in [1.29, 1.82) is 0 Å². The summed E-state index contributed by atoms with van der Waals surface area (Å²) >= 11 is 0. The third-order valence-corrected chi connectivity index (χ3v) is 4.24. The summed E-state index contributed by atoms with van der Waals surface area (Å²) in [7, 11) is -2.53. The predicted molar refractivity (Wildman–Crippen MR) is 85.2 cm³/mol. The standard InChI is InChI=1S/C12H19N3O5S.ClH/c1-4-13-9(2)8-14-21(18,19)12-6-5-10(15(16)17)7-11(12)20-3;/h5-7,9,13-14H,4,8H2,1-3H3;1H/t9-;/m1./s1. The Hall–Kier alpha value is -1.42. The summed E-state index contributed by atoms with van der Waals surface area (Å²) in [6, 6.07) is 3.35. The van der Waals surface area contributed by atoms with Crippen molar-refractivity contribution < 1.29 is 18.1 Å². The molecule has 0 bridgehead atoms. The van der Waals surface area contributed by atoms with Crippen LogP contribution in [-0.2, 0) is 10.0 Å². The predicted octanol–water partition coefficient (Wildman–Crippen LogP) is 1.30. The van der Waals surface area contributed by atoms with Gasteiger partial charge in [-0.1, -0.05) is 6.92 Å². The largest absolute Gasteiger partial charge is 0.495 e. The fourth-order valence-electron chi connectivity index (χ4n) is 1.72. The molecule has 8 nitrogen and oxygen atoms in total. The summed E-state index contributed by atoms with van der Waals surface area (Å²) in [5, 5.41) is 13.8. The van der Waals surface area contributed by atoms with Gasteiger partial charge in [0, 0.05) is 18.7 Å². The number of hydrogen-bond acceptors (Lipinski definition) is 6. The molecule has 1 rings (SSSR count). The van der Waals surface area contributed by atoms with Gasteiger partial charge in [0.2, 0.25) is 10.0 Å². The van der Waals surface area contributed by atoms with Gasteiger partial charge in [0.05, 0.1) is 18.1 Å². The number of methoxy groups -OCH3 is 1. The zero-order chi connectivity index (χ0) is 16.0. The molecule has 0 spiro atoms. The smallest absolute Gasteiger partial charge is 0.273 e. The van der Waals surface area contributed by atoms with E-state index in [4.69, 9.17) is 4.74 Å². The van der Waals surface area contributed by atoms with Gasteiger partial charge in [-0.3, -0.25) is 10.1 Å². The number of rotatable bonds is 8. The van der Waals surface area contributed by atoms with Crippen LogP contribution in [0.15, 0.2) is 23.1 Å². The second-order valence-corrected chi connectivity index (χ2v) is 6.14. The average molecular weight is 354 g/mol. The first-order valence-electron chi connectivity index (χ1n) is 6.37. The van der Waals surface area contributed by atoms with Crippen molar-refractivity contribution in [2.24, 2.45) is 0 Å². The molecular weight excluding hydrogens is 334 g/mol. The van der Waals surface area contributed by atoms with E-state index in [0.717, 1.165) is 24.7 Å². The van der Waals surface area contributed by atoms with Crippen LogP contribution in [0.1, 0.15) is 13.8 Å². The number of nitro groups is 1. The molecule has 0 unspecified atom stereocenters. The average Bonchev–Trinajstić information content (AvgIpc) is 2.44. The molecular formula is C12H20ClN3O5S. The normalized spacial score (nSPS) is 12.3. The van der Waals surface area contributed by atoms with Gasteiger partial charge in [0.1, 0.15) is 10.6 Å². The van der Waals surface area contributed by atoms with Gasteiger partial charge in [-0.2, -0.15) is 0 Å². The highest BCUT2D eigenvalue weighted by Crippen LogP contribution is 2.28. The minimum Gasteiger partial charge on any atom is -0.495 e. The van der Waals surface area contributed by atoms with Gasteiger partial charge in [0.25, 0.3) is 5.69 Å². The molecule has 0 aliphatic rings. The van der Waals surface area contributed by atoms with E-state index in [0.29, 0.717) is 0 Å². The Morgan fingerprint density at radius 3 is 2.55 bits per heavy atom. The van der Waals surface area contributed by atoms with Gasteiger partial charge in [-0.25, -0.2) is 13.1 Å². The summed E-state index contributed by atoms with van der Waals surface area (Å²) < 4.78 is 31.8. The molecule has 0 aliphatic heterocycles. The Morgan fingerprint density at radius 1 is 1.41 bits per heavy atom. The van der Waals surface area contributed by atoms with Gasteiger partial charge in [-0.05, 0) is 19.5 Å². The van der Waals surface area contributed by atoms with Gasteiger partial charge < -0.3 is 10.1 Å². The lowest BCUT2D eigenvalue weighted by Crippen LogP contribution is -2.38. The molecule has 0 heterocycles. The van der Waals surface area contributed by atoms with Crippen molar-refractivity contribution in [3.05, 3.63) is 28.3 Å². The van der Waals surface area contributed by atoms with Crippen molar-refractivity contribution in [2.75, 3.05) is 20.2 Å². The van der Waals surface area contributed by atoms with Crippen LogP contribution >= 0.6 is 12.4 Å². The second kappa shape index (κ2) is 8.89. The third-order valence-electron chi connectivity index (χ3n) is 2.78. The van der Waals surface area contributed by atoms with E-state index in [1.54, 1.807) is 0 Å². The molecule has 0 radical (unpaired) electrons. The molecule has 1 aromatic rings. The van der Waals surface area contributed by atoms with Crippen LogP contribution in [0.5, 0.6) is 5.75 Å². The number of nitrogens with one attached hydrogen (secondary N) is 2. The zero-order valence-electron chi connectivity index (χ0n) is 12.5. The van der Waals surface area contributed by atoms with Gasteiger partial charge >= 0.3 is 0 Å². The van der Waals surface area contributed by atoms with Crippen LogP contribution in [0.3, 0.4) is 0 Å². The molecule has 0 aliphatic carbocycles. The molecule has 0 saturated heterocycles. The first-order valence-corrected chi connectivity index (χ1v) is 7.85. The van der Waals surface area contributed by atoms with Gasteiger partial charge in [0.15, 0.2) is 0 Å². The Morgan fingerprint density at radius 2 is 2.05 bits per heavy atom. The highest BCUT2D eigenvalue weighted by molar-refractivity contribution is 7.89.